The Morgan fingerprint density at radius 1 is 1.44 bits per heavy atom. The number of rotatable bonds is 2. The number of allylic oxidation sites excluding steroid dienone is 2. The highest BCUT2D eigenvalue weighted by molar-refractivity contribution is 7.09. The number of aryl methyl sites for hydroxylation is 1. The number of nitrogens with zero attached hydrogens (tertiary/aromatic N) is 1. The maximum absolute atomic E-state index is 11.6. The fourth-order valence-corrected chi connectivity index (χ4v) is 2.93. The summed E-state index contributed by atoms with van der Waals surface area (Å²) in [5.41, 5.74) is 2.44. The van der Waals surface area contributed by atoms with E-state index in [1.165, 1.54) is 5.57 Å². The first kappa shape index (κ1) is 11.5. The Kier molecular flexibility index (Phi) is 2.98. The van der Waals surface area contributed by atoms with Crippen LogP contribution in [0.4, 0.5) is 0 Å². The molecule has 0 bridgehead atoms. The van der Waals surface area contributed by atoms with Crippen molar-refractivity contribution >= 4 is 17.1 Å². The van der Waals surface area contributed by atoms with E-state index < -0.39 is 0 Å². The molecule has 2 nitrogen and oxygen atoms in total. The van der Waals surface area contributed by atoms with Crippen molar-refractivity contribution in [2.45, 2.75) is 40.0 Å². The van der Waals surface area contributed by atoms with Gasteiger partial charge in [0.15, 0.2) is 5.78 Å². The van der Waals surface area contributed by atoms with Crippen LogP contribution in [-0.4, -0.2) is 10.8 Å². The van der Waals surface area contributed by atoms with E-state index >= 15 is 0 Å². The van der Waals surface area contributed by atoms with Gasteiger partial charge < -0.3 is 0 Å². The maximum atomic E-state index is 11.6. The summed E-state index contributed by atoms with van der Waals surface area (Å²) in [5, 5.41) is 3.18. The number of carbonyl (C=O) groups excluding carboxylic acids is 1. The molecule has 2 rings (SSSR count). The van der Waals surface area contributed by atoms with Gasteiger partial charge >= 0.3 is 0 Å². The van der Waals surface area contributed by atoms with Crippen molar-refractivity contribution in [3.63, 3.8) is 0 Å². The molecule has 1 heterocycles. The lowest BCUT2D eigenvalue weighted by atomic mass is 9.76. The predicted molar refractivity (Wildman–Crippen MR) is 66.7 cm³/mol. The molecule has 0 aromatic carbocycles. The van der Waals surface area contributed by atoms with Crippen LogP contribution in [0.5, 0.6) is 0 Å². The van der Waals surface area contributed by atoms with Crippen molar-refractivity contribution in [2.24, 2.45) is 5.41 Å². The van der Waals surface area contributed by atoms with Gasteiger partial charge in [0.2, 0.25) is 0 Å². The van der Waals surface area contributed by atoms with Crippen molar-refractivity contribution in [1.29, 1.82) is 0 Å². The molecule has 86 valence electrons. The van der Waals surface area contributed by atoms with E-state index in [-0.39, 0.29) is 11.2 Å². The first-order valence-corrected chi connectivity index (χ1v) is 6.46. The zero-order valence-corrected chi connectivity index (χ0v) is 10.9. The van der Waals surface area contributed by atoms with Crippen molar-refractivity contribution in [1.82, 2.24) is 4.98 Å². The topological polar surface area (TPSA) is 30.0 Å². The zero-order chi connectivity index (χ0) is 11.8. The lowest BCUT2D eigenvalue weighted by molar-refractivity contribution is -0.117. The SMILES string of the molecule is Cc1nc(CC2=CC(=O)CC(C)(C)C2)cs1. The number of hydrogen-bond acceptors (Lipinski definition) is 3. The second-order valence-electron chi connectivity index (χ2n) is 5.32. The third-order valence-electron chi connectivity index (χ3n) is 2.80. The average molecular weight is 235 g/mol. The molecule has 0 aliphatic heterocycles. The van der Waals surface area contributed by atoms with Crippen molar-refractivity contribution in [2.75, 3.05) is 0 Å². The van der Waals surface area contributed by atoms with Crippen molar-refractivity contribution in [3.05, 3.63) is 27.7 Å². The summed E-state index contributed by atoms with van der Waals surface area (Å²) in [6, 6.07) is 0. The van der Waals surface area contributed by atoms with Crippen LogP contribution in [-0.2, 0) is 11.2 Å². The maximum Gasteiger partial charge on any atom is 0.156 e. The highest BCUT2D eigenvalue weighted by Crippen LogP contribution is 2.34. The van der Waals surface area contributed by atoms with Crippen LogP contribution < -0.4 is 0 Å². The first-order valence-electron chi connectivity index (χ1n) is 5.58. The van der Waals surface area contributed by atoms with Gasteiger partial charge in [-0.15, -0.1) is 11.3 Å². The fourth-order valence-electron chi connectivity index (χ4n) is 2.31. The Hall–Kier alpha value is -0.960. The summed E-state index contributed by atoms with van der Waals surface area (Å²) in [4.78, 5) is 16.0. The van der Waals surface area contributed by atoms with Gasteiger partial charge in [0, 0.05) is 18.2 Å². The van der Waals surface area contributed by atoms with Crippen LogP contribution in [0.25, 0.3) is 0 Å². The lowest BCUT2D eigenvalue weighted by Gasteiger charge is -2.28. The summed E-state index contributed by atoms with van der Waals surface area (Å²) in [6.07, 6.45) is 4.33. The van der Waals surface area contributed by atoms with Crippen molar-refractivity contribution in [3.8, 4) is 0 Å². The average Bonchev–Trinajstić information content (AvgIpc) is 2.46. The Morgan fingerprint density at radius 2 is 2.19 bits per heavy atom. The molecular formula is C13H17NOS. The zero-order valence-electron chi connectivity index (χ0n) is 10.0. The Morgan fingerprint density at radius 3 is 2.75 bits per heavy atom. The lowest BCUT2D eigenvalue weighted by Crippen LogP contribution is -2.22. The standard InChI is InChI=1S/C13H17NOS/c1-9-14-11(8-16-9)4-10-5-12(15)7-13(2,3)6-10/h5,8H,4,6-7H2,1-3H3. The number of ketones is 1. The van der Waals surface area contributed by atoms with E-state index in [0.717, 1.165) is 23.5 Å². The molecule has 3 heteroatoms. The molecule has 1 aromatic rings. The summed E-state index contributed by atoms with van der Waals surface area (Å²) < 4.78 is 0. The van der Waals surface area contributed by atoms with Gasteiger partial charge in [-0.1, -0.05) is 19.4 Å². The van der Waals surface area contributed by atoms with Crippen LogP contribution in [0.1, 0.15) is 37.4 Å². The molecule has 0 radical (unpaired) electrons. The van der Waals surface area contributed by atoms with Gasteiger partial charge in [-0.2, -0.15) is 0 Å². The molecular weight excluding hydrogens is 218 g/mol. The van der Waals surface area contributed by atoms with Gasteiger partial charge in [0.1, 0.15) is 0 Å². The molecule has 0 saturated carbocycles. The van der Waals surface area contributed by atoms with E-state index in [1.54, 1.807) is 11.3 Å². The van der Waals surface area contributed by atoms with E-state index in [0.29, 0.717) is 6.42 Å². The molecule has 0 atom stereocenters. The van der Waals surface area contributed by atoms with Crippen LogP contribution in [0, 0.1) is 12.3 Å². The Bertz CT molecular complexity index is 443. The molecule has 1 aliphatic rings. The number of aromatic nitrogens is 1. The van der Waals surface area contributed by atoms with E-state index in [4.69, 9.17) is 0 Å². The molecule has 0 spiro atoms. The first-order chi connectivity index (χ1) is 7.44. The summed E-state index contributed by atoms with van der Waals surface area (Å²) in [6.45, 7) is 6.33. The third kappa shape index (κ3) is 2.79. The van der Waals surface area contributed by atoms with Crippen LogP contribution in [0.3, 0.4) is 0 Å². The molecule has 0 unspecified atom stereocenters. The number of hydrogen-bond donors (Lipinski definition) is 0. The summed E-state index contributed by atoms with van der Waals surface area (Å²) >= 11 is 1.67. The Labute approximate surface area is 100 Å². The van der Waals surface area contributed by atoms with Gasteiger partial charge in [0.05, 0.1) is 10.7 Å². The molecule has 0 fully saturated rings. The molecule has 0 saturated heterocycles. The van der Waals surface area contributed by atoms with Crippen LogP contribution >= 0.6 is 11.3 Å². The van der Waals surface area contributed by atoms with Gasteiger partial charge in [-0.25, -0.2) is 4.98 Å². The number of carbonyl (C=O) groups is 1. The minimum Gasteiger partial charge on any atom is -0.295 e. The molecule has 1 aliphatic carbocycles. The van der Waals surface area contributed by atoms with Gasteiger partial charge in [-0.3, -0.25) is 4.79 Å². The summed E-state index contributed by atoms with van der Waals surface area (Å²) in [5.74, 6) is 0.262. The van der Waals surface area contributed by atoms with E-state index in [2.05, 4.69) is 24.2 Å². The Balaban J connectivity index is 2.13. The highest BCUT2D eigenvalue weighted by atomic mass is 32.1. The second kappa shape index (κ2) is 4.13. The third-order valence-corrected chi connectivity index (χ3v) is 3.62. The monoisotopic (exact) mass is 235 g/mol. The quantitative estimate of drug-likeness (QED) is 0.787. The van der Waals surface area contributed by atoms with Crippen LogP contribution in [0.2, 0.25) is 0 Å². The minimum atomic E-state index is 0.117. The number of thiazole rings is 1. The molecule has 0 amide bonds. The van der Waals surface area contributed by atoms with Gasteiger partial charge in [-0.05, 0) is 24.8 Å². The second-order valence-corrected chi connectivity index (χ2v) is 6.38. The smallest absolute Gasteiger partial charge is 0.156 e. The predicted octanol–water partition coefficient (Wildman–Crippen LogP) is 3.31. The largest absolute Gasteiger partial charge is 0.295 e. The normalized spacial score (nSPS) is 19.7. The van der Waals surface area contributed by atoms with Gasteiger partial charge in [0.25, 0.3) is 0 Å². The highest BCUT2D eigenvalue weighted by Gasteiger charge is 2.27. The molecule has 16 heavy (non-hydrogen) atoms. The summed E-state index contributed by atoms with van der Waals surface area (Å²) in [7, 11) is 0. The fraction of sp³-hybridized carbons (Fsp3) is 0.538. The van der Waals surface area contributed by atoms with Crippen molar-refractivity contribution < 1.29 is 4.79 Å². The van der Waals surface area contributed by atoms with E-state index in [1.807, 2.05) is 13.0 Å². The molecule has 0 N–H and O–H groups in total. The van der Waals surface area contributed by atoms with Crippen LogP contribution in [0.15, 0.2) is 17.0 Å². The van der Waals surface area contributed by atoms with E-state index in [9.17, 15) is 4.79 Å². The minimum absolute atomic E-state index is 0.117. The molecule has 1 aromatic heterocycles.